The van der Waals surface area contributed by atoms with Gasteiger partial charge < -0.3 is 10.0 Å². The van der Waals surface area contributed by atoms with Crippen molar-refractivity contribution >= 4 is 16.5 Å². The Bertz CT molecular complexity index is 235. The smallest absolute Gasteiger partial charge is 0.208 e. The average molecular weight is 185 g/mol. The average Bonchev–Trinajstić information content (AvgIpc) is 2.77. The molecule has 0 radical (unpaired) electrons. The van der Waals surface area contributed by atoms with Crippen molar-refractivity contribution in [2.24, 2.45) is 0 Å². The van der Waals surface area contributed by atoms with E-state index in [2.05, 4.69) is 15.1 Å². The molecule has 2 rings (SSSR count). The maximum Gasteiger partial charge on any atom is 0.208 e. The first-order chi connectivity index (χ1) is 5.92. The summed E-state index contributed by atoms with van der Waals surface area (Å²) in [5, 5.41) is 17.5. The van der Waals surface area contributed by atoms with Crippen LogP contribution in [0.4, 0.5) is 5.13 Å². The van der Waals surface area contributed by atoms with Gasteiger partial charge in [0.25, 0.3) is 0 Å². The second-order valence-electron chi connectivity index (χ2n) is 2.87. The molecule has 12 heavy (non-hydrogen) atoms. The summed E-state index contributed by atoms with van der Waals surface area (Å²) < 4.78 is 0. The predicted octanol–water partition coefficient (Wildman–Crippen LogP) is 0.499. The summed E-state index contributed by atoms with van der Waals surface area (Å²) in [6.45, 7) is 0.871. The number of nitrogens with zero attached hydrogens (tertiary/aromatic N) is 3. The highest BCUT2D eigenvalue weighted by molar-refractivity contribution is 7.13. The molecule has 1 aliphatic carbocycles. The molecule has 5 heteroatoms. The van der Waals surface area contributed by atoms with Gasteiger partial charge in [-0.05, 0) is 12.8 Å². The highest BCUT2D eigenvalue weighted by atomic mass is 32.1. The van der Waals surface area contributed by atoms with Gasteiger partial charge in [0.15, 0.2) is 0 Å². The quantitative estimate of drug-likeness (QED) is 0.742. The molecule has 1 aliphatic rings. The van der Waals surface area contributed by atoms with Crippen molar-refractivity contribution < 1.29 is 5.11 Å². The molecule has 1 saturated carbocycles. The Morgan fingerprint density at radius 2 is 2.50 bits per heavy atom. The van der Waals surface area contributed by atoms with E-state index in [-0.39, 0.29) is 6.61 Å². The van der Waals surface area contributed by atoms with Crippen molar-refractivity contribution in [3.63, 3.8) is 0 Å². The molecule has 0 aliphatic heterocycles. The topological polar surface area (TPSA) is 49.2 Å². The van der Waals surface area contributed by atoms with Crippen LogP contribution in [0.15, 0.2) is 5.51 Å². The maximum atomic E-state index is 8.83. The van der Waals surface area contributed by atoms with Gasteiger partial charge in [0.1, 0.15) is 5.51 Å². The Kier molecular flexibility index (Phi) is 2.23. The van der Waals surface area contributed by atoms with Gasteiger partial charge in [0.05, 0.1) is 6.61 Å². The molecular formula is C7H11N3OS. The van der Waals surface area contributed by atoms with Gasteiger partial charge in [-0.15, -0.1) is 10.2 Å². The molecule has 1 aromatic heterocycles. The monoisotopic (exact) mass is 185 g/mol. The fraction of sp³-hybridized carbons (Fsp3) is 0.714. The molecule has 0 saturated heterocycles. The van der Waals surface area contributed by atoms with Crippen LogP contribution in [-0.4, -0.2) is 34.5 Å². The Morgan fingerprint density at radius 1 is 1.67 bits per heavy atom. The third kappa shape index (κ3) is 1.56. The van der Waals surface area contributed by atoms with Crippen molar-refractivity contribution in [1.82, 2.24) is 10.2 Å². The Morgan fingerprint density at radius 3 is 3.00 bits per heavy atom. The number of aromatic nitrogens is 2. The Hall–Kier alpha value is -0.680. The fourth-order valence-electron chi connectivity index (χ4n) is 1.22. The summed E-state index contributed by atoms with van der Waals surface area (Å²) in [5.41, 5.74) is 1.72. The molecule has 1 aromatic rings. The normalized spacial score (nSPS) is 16.4. The summed E-state index contributed by atoms with van der Waals surface area (Å²) >= 11 is 1.53. The van der Waals surface area contributed by atoms with E-state index in [1.165, 1.54) is 24.2 Å². The van der Waals surface area contributed by atoms with Crippen LogP contribution >= 0.6 is 11.3 Å². The second kappa shape index (κ2) is 3.37. The van der Waals surface area contributed by atoms with Gasteiger partial charge in [0.2, 0.25) is 5.13 Å². The van der Waals surface area contributed by atoms with E-state index in [4.69, 9.17) is 5.11 Å². The number of anilines is 1. The summed E-state index contributed by atoms with van der Waals surface area (Å²) in [4.78, 5) is 2.14. The van der Waals surface area contributed by atoms with Crippen molar-refractivity contribution in [3.8, 4) is 0 Å². The van der Waals surface area contributed by atoms with Gasteiger partial charge >= 0.3 is 0 Å². The first-order valence-electron chi connectivity index (χ1n) is 4.05. The van der Waals surface area contributed by atoms with Crippen molar-refractivity contribution in [1.29, 1.82) is 0 Å². The van der Waals surface area contributed by atoms with E-state index < -0.39 is 0 Å². The lowest BCUT2D eigenvalue weighted by Crippen LogP contribution is -2.28. The van der Waals surface area contributed by atoms with E-state index in [1.54, 1.807) is 5.51 Å². The molecule has 1 fully saturated rings. The summed E-state index contributed by atoms with van der Waals surface area (Å²) in [7, 11) is 0. The molecule has 0 amide bonds. The molecule has 4 nitrogen and oxygen atoms in total. The number of hydrogen-bond acceptors (Lipinski definition) is 5. The molecule has 1 heterocycles. The van der Waals surface area contributed by atoms with E-state index in [0.717, 1.165) is 5.13 Å². The molecule has 0 spiro atoms. The standard InChI is InChI=1S/C7H11N3OS/c11-4-3-10(6-1-2-6)7-9-8-5-12-7/h5-6,11H,1-4H2. The summed E-state index contributed by atoms with van der Waals surface area (Å²) in [6.07, 6.45) is 2.44. The minimum Gasteiger partial charge on any atom is -0.395 e. The van der Waals surface area contributed by atoms with Gasteiger partial charge in [0, 0.05) is 12.6 Å². The van der Waals surface area contributed by atoms with Crippen LogP contribution in [0.1, 0.15) is 12.8 Å². The molecule has 1 N–H and O–H groups in total. The van der Waals surface area contributed by atoms with E-state index in [1.807, 2.05) is 0 Å². The van der Waals surface area contributed by atoms with Gasteiger partial charge in [-0.25, -0.2) is 0 Å². The maximum absolute atomic E-state index is 8.83. The lowest BCUT2D eigenvalue weighted by atomic mass is 10.5. The van der Waals surface area contributed by atoms with Crippen LogP contribution in [0.2, 0.25) is 0 Å². The second-order valence-corrected chi connectivity index (χ2v) is 3.68. The highest BCUT2D eigenvalue weighted by Crippen LogP contribution is 2.31. The number of aliphatic hydroxyl groups is 1. The first-order valence-corrected chi connectivity index (χ1v) is 4.93. The number of hydrogen-bond donors (Lipinski definition) is 1. The molecule has 66 valence electrons. The molecular weight excluding hydrogens is 174 g/mol. The van der Waals surface area contributed by atoms with Crippen molar-refractivity contribution in [2.45, 2.75) is 18.9 Å². The van der Waals surface area contributed by atoms with Crippen LogP contribution < -0.4 is 4.90 Å². The minimum absolute atomic E-state index is 0.191. The van der Waals surface area contributed by atoms with E-state index in [9.17, 15) is 0 Å². The van der Waals surface area contributed by atoms with Crippen molar-refractivity contribution in [3.05, 3.63) is 5.51 Å². The zero-order valence-electron chi connectivity index (χ0n) is 6.68. The SMILES string of the molecule is OCCN(c1nncs1)C1CC1. The van der Waals surface area contributed by atoms with E-state index >= 15 is 0 Å². The molecule has 0 aromatic carbocycles. The predicted molar refractivity (Wildman–Crippen MR) is 47.4 cm³/mol. The van der Waals surface area contributed by atoms with E-state index in [0.29, 0.717) is 12.6 Å². The largest absolute Gasteiger partial charge is 0.395 e. The lowest BCUT2D eigenvalue weighted by molar-refractivity contribution is 0.301. The first kappa shape index (κ1) is 7.94. The van der Waals surface area contributed by atoms with Crippen LogP contribution in [0, 0.1) is 0 Å². The number of rotatable bonds is 4. The van der Waals surface area contributed by atoms with Crippen LogP contribution in [0.25, 0.3) is 0 Å². The zero-order valence-corrected chi connectivity index (χ0v) is 7.50. The minimum atomic E-state index is 0.191. The lowest BCUT2D eigenvalue weighted by Gasteiger charge is -2.18. The third-order valence-corrected chi connectivity index (χ3v) is 2.65. The Balaban J connectivity index is 2.05. The molecule has 0 unspecified atom stereocenters. The zero-order chi connectivity index (χ0) is 8.39. The van der Waals surface area contributed by atoms with Crippen LogP contribution in [0.3, 0.4) is 0 Å². The highest BCUT2D eigenvalue weighted by Gasteiger charge is 2.30. The van der Waals surface area contributed by atoms with Gasteiger partial charge in [-0.3, -0.25) is 0 Å². The summed E-state index contributed by atoms with van der Waals surface area (Å²) in [6, 6.07) is 0.602. The number of aliphatic hydroxyl groups excluding tert-OH is 1. The Labute approximate surface area is 74.9 Å². The third-order valence-electron chi connectivity index (χ3n) is 1.92. The fourth-order valence-corrected chi connectivity index (χ4v) is 1.88. The van der Waals surface area contributed by atoms with Gasteiger partial charge in [-0.2, -0.15) is 0 Å². The summed E-state index contributed by atoms with van der Waals surface area (Å²) in [5.74, 6) is 0. The molecule has 0 bridgehead atoms. The molecule has 0 atom stereocenters. The van der Waals surface area contributed by atoms with Crippen LogP contribution in [0.5, 0.6) is 0 Å². The van der Waals surface area contributed by atoms with Gasteiger partial charge in [-0.1, -0.05) is 11.3 Å². The van der Waals surface area contributed by atoms with Crippen molar-refractivity contribution in [2.75, 3.05) is 18.1 Å². The van der Waals surface area contributed by atoms with Crippen LogP contribution in [-0.2, 0) is 0 Å².